The number of likely N-dealkylation sites (tertiary alicyclic amines) is 1. The molecule has 1 fully saturated rings. The number of carbonyl (C=O) groups is 2. The van der Waals surface area contributed by atoms with Crippen molar-refractivity contribution in [3.05, 3.63) is 54.0 Å². The Hall–Kier alpha value is -3.43. The number of hydrogen-bond donors (Lipinski definition) is 2. The molecule has 3 aromatic rings. The molecule has 0 radical (unpaired) electrons. The van der Waals surface area contributed by atoms with Crippen molar-refractivity contribution in [2.24, 2.45) is 11.7 Å². The smallest absolute Gasteiger partial charge is 0.289 e. The van der Waals surface area contributed by atoms with Gasteiger partial charge in [-0.2, -0.15) is 5.10 Å². The molecule has 0 spiro atoms. The average molecular weight is 369 g/mol. The zero-order chi connectivity index (χ0) is 19.0. The summed E-state index contributed by atoms with van der Waals surface area (Å²) in [7, 11) is 0. The molecule has 10 nitrogen and oxygen atoms in total. The van der Waals surface area contributed by atoms with Gasteiger partial charge >= 0.3 is 0 Å². The Morgan fingerprint density at radius 2 is 2.22 bits per heavy atom. The Labute approximate surface area is 154 Å². The molecule has 1 saturated heterocycles. The Kier molecular flexibility index (Phi) is 4.22. The molecule has 0 aliphatic carbocycles. The van der Waals surface area contributed by atoms with Crippen LogP contribution in [0, 0.1) is 12.8 Å². The van der Waals surface area contributed by atoms with Gasteiger partial charge in [0.15, 0.2) is 11.6 Å². The van der Waals surface area contributed by atoms with Crippen molar-refractivity contribution < 1.29 is 14.0 Å². The maximum atomic E-state index is 12.8. The van der Waals surface area contributed by atoms with Crippen LogP contribution in [0.2, 0.25) is 0 Å². The summed E-state index contributed by atoms with van der Waals surface area (Å²) in [5.74, 6) is 0.371. The molecule has 0 aromatic carbocycles. The minimum atomic E-state index is -0.537. The van der Waals surface area contributed by atoms with E-state index in [2.05, 4.69) is 20.2 Å². The lowest BCUT2D eigenvalue weighted by Gasteiger charge is -2.14. The number of aryl methyl sites for hydroxylation is 1. The van der Waals surface area contributed by atoms with Crippen LogP contribution in [0.5, 0.6) is 0 Å². The molecule has 0 saturated carbocycles. The minimum absolute atomic E-state index is 0.212. The molecular formula is C17H19N7O3. The first-order valence-electron chi connectivity index (χ1n) is 8.53. The summed E-state index contributed by atoms with van der Waals surface area (Å²) < 4.78 is 7.52. The summed E-state index contributed by atoms with van der Waals surface area (Å²) in [5.41, 5.74) is 5.54. The number of hydrogen-bond acceptors (Lipinski definition) is 6. The molecule has 4 heterocycles. The van der Waals surface area contributed by atoms with Crippen molar-refractivity contribution in [3.63, 3.8) is 0 Å². The van der Waals surface area contributed by atoms with E-state index in [0.717, 1.165) is 0 Å². The average Bonchev–Trinajstić information content (AvgIpc) is 3.41. The Morgan fingerprint density at radius 3 is 2.89 bits per heavy atom. The molecule has 2 atom stereocenters. The highest BCUT2D eigenvalue weighted by Gasteiger charge is 2.42. The van der Waals surface area contributed by atoms with E-state index in [1.807, 2.05) is 10.8 Å². The fourth-order valence-electron chi connectivity index (χ4n) is 3.34. The van der Waals surface area contributed by atoms with Gasteiger partial charge in [0.1, 0.15) is 11.6 Å². The van der Waals surface area contributed by atoms with E-state index in [1.165, 1.54) is 0 Å². The predicted octanol–water partition coefficient (Wildman–Crippen LogP) is 0.292. The van der Waals surface area contributed by atoms with E-state index in [0.29, 0.717) is 30.5 Å². The third kappa shape index (κ3) is 3.33. The molecular weight excluding hydrogens is 350 g/mol. The highest BCUT2D eigenvalue weighted by Crippen LogP contribution is 2.31. The van der Waals surface area contributed by atoms with Crippen LogP contribution in [0.1, 0.15) is 33.9 Å². The highest BCUT2D eigenvalue weighted by molar-refractivity contribution is 5.92. The van der Waals surface area contributed by atoms with Crippen molar-refractivity contribution in [2.45, 2.75) is 19.4 Å². The largest absolute Gasteiger partial charge is 0.454 e. The van der Waals surface area contributed by atoms with Gasteiger partial charge in [0.2, 0.25) is 5.91 Å². The lowest BCUT2D eigenvalue weighted by molar-refractivity contribution is -0.121. The first-order valence-corrected chi connectivity index (χ1v) is 8.53. The number of H-pyrrole nitrogens is 1. The SMILES string of the molecule is Cc1nc(C2CN(C(=O)c3ccc(Cn4ccnc4)o3)CC2C(N)=O)n[nH]1. The maximum absolute atomic E-state index is 12.8. The quantitative estimate of drug-likeness (QED) is 0.663. The Bertz CT molecular complexity index is 959. The molecule has 4 rings (SSSR count). The molecule has 27 heavy (non-hydrogen) atoms. The summed E-state index contributed by atoms with van der Waals surface area (Å²) >= 11 is 0. The van der Waals surface area contributed by atoms with E-state index >= 15 is 0 Å². The van der Waals surface area contributed by atoms with Crippen molar-refractivity contribution >= 4 is 11.8 Å². The van der Waals surface area contributed by atoms with E-state index in [1.54, 1.807) is 36.5 Å². The second kappa shape index (κ2) is 6.71. The third-order valence-electron chi connectivity index (χ3n) is 4.69. The molecule has 0 bridgehead atoms. The Balaban J connectivity index is 1.50. The number of nitrogens with zero attached hydrogens (tertiary/aromatic N) is 5. The van der Waals surface area contributed by atoms with E-state index in [4.69, 9.17) is 10.2 Å². The summed E-state index contributed by atoms with van der Waals surface area (Å²) in [5, 5.41) is 6.89. The molecule has 10 heteroatoms. The van der Waals surface area contributed by atoms with Crippen LogP contribution in [0.25, 0.3) is 0 Å². The van der Waals surface area contributed by atoms with Crippen LogP contribution >= 0.6 is 0 Å². The predicted molar refractivity (Wildman–Crippen MR) is 92.5 cm³/mol. The molecule has 140 valence electrons. The van der Waals surface area contributed by atoms with Gasteiger partial charge in [0.25, 0.3) is 5.91 Å². The van der Waals surface area contributed by atoms with Gasteiger partial charge in [-0.1, -0.05) is 0 Å². The van der Waals surface area contributed by atoms with Crippen LogP contribution in [-0.2, 0) is 11.3 Å². The number of carbonyl (C=O) groups excluding carboxylic acids is 2. The molecule has 1 aliphatic rings. The number of primary amides is 1. The van der Waals surface area contributed by atoms with Crippen LogP contribution in [0.15, 0.2) is 35.3 Å². The lowest BCUT2D eigenvalue weighted by atomic mass is 9.95. The topological polar surface area (TPSA) is 136 Å². The van der Waals surface area contributed by atoms with Crippen LogP contribution < -0.4 is 5.73 Å². The fourth-order valence-corrected chi connectivity index (χ4v) is 3.34. The van der Waals surface area contributed by atoms with E-state index < -0.39 is 11.8 Å². The second-order valence-electron chi connectivity index (χ2n) is 6.61. The van der Waals surface area contributed by atoms with Crippen molar-refractivity contribution in [2.75, 3.05) is 13.1 Å². The zero-order valence-corrected chi connectivity index (χ0v) is 14.7. The molecule has 2 amide bonds. The number of amides is 2. The standard InChI is InChI=1S/C17H19N7O3/c1-10-20-16(22-21-10)13-8-24(7-12(13)15(18)25)17(26)14-3-2-11(27-14)6-23-5-4-19-9-23/h2-5,9,12-13H,6-8H2,1H3,(H2,18,25)(H,20,21,22). The summed E-state index contributed by atoms with van der Waals surface area (Å²) in [4.78, 5) is 34.5. The normalized spacial score (nSPS) is 19.5. The van der Waals surface area contributed by atoms with Crippen LogP contribution in [-0.4, -0.2) is 54.5 Å². The number of aromatic nitrogens is 5. The van der Waals surface area contributed by atoms with Crippen molar-refractivity contribution in [3.8, 4) is 0 Å². The highest BCUT2D eigenvalue weighted by atomic mass is 16.4. The summed E-state index contributed by atoms with van der Waals surface area (Å²) in [6.45, 7) is 2.78. The maximum Gasteiger partial charge on any atom is 0.289 e. The van der Waals surface area contributed by atoms with Gasteiger partial charge in [-0.15, -0.1) is 0 Å². The van der Waals surface area contributed by atoms with E-state index in [-0.39, 0.29) is 24.1 Å². The van der Waals surface area contributed by atoms with Crippen molar-refractivity contribution in [1.29, 1.82) is 0 Å². The van der Waals surface area contributed by atoms with Gasteiger partial charge < -0.3 is 19.6 Å². The van der Waals surface area contributed by atoms with Crippen LogP contribution in [0.4, 0.5) is 0 Å². The summed E-state index contributed by atoms with van der Waals surface area (Å²) in [6, 6.07) is 3.39. The van der Waals surface area contributed by atoms with Gasteiger partial charge in [-0.25, -0.2) is 9.97 Å². The van der Waals surface area contributed by atoms with Gasteiger partial charge in [-0.3, -0.25) is 14.7 Å². The second-order valence-corrected chi connectivity index (χ2v) is 6.61. The zero-order valence-electron chi connectivity index (χ0n) is 14.7. The monoisotopic (exact) mass is 369 g/mol. The Morgan fingerprint density at radius 1 is 1.37 bits per heavy atom. The van der Waals surface area contributed by atoms with E-state index in [9.17, 15) is 9.59 Å². The molecule has 1 aliphatic heterocycles. The number of furan rings is 1. The first kappa shape index (κ1) is 17.0. The number of aromatic amines is 1. The number of nitrogens with two attached hydrogens (primary N) is 1. The number of nitrogens with one attached hydrogen (secondary N) is 1. The first-order chi connectivity index (χ1) is 13.0. The third-order valence-corrected chi connectivity index (χ3v) is 4.69. The number of imidazole rings is 1. The van der Waals surface area contributed by atoms with Gasteiger partial charge in [-0.05, 0) is 19.1 Å². The van der Waals surface area contributed by atoms with Crippen molar-refractivity contribution in [1.82, 2.24) is 29.6 Å². The molecule has 3 aromatic heterocycles. The lowest BCUT2D eigenvalue weighted by Crippen LogP contribution is -2.31. The fraction of sp³-hybridized carbons (Fsp3) is 0.353. The van der Waals surface area contributed by atoms with Gasteiger partial charge in [0, 0.05) is 25.5 Å². The number of rotatable bonds is 5. The summed E-state index contributed by atoms with van der Waals surface area (Å²) in [6.07, 6.45) is 5.16. The minimum Gasteiger partial charge on any atom is -0.454 e. The van der Waals surface area contributed by atoms with Crippen LogP contribution in [0.3, 0.4) is 0 Å². The molecule has 2 unspecified atom stereocenters. The molecule has 3 N–H and O–H groups in total. The van der Waals surface area contributed by atoms with Gasteiger partial charge in [0.05, 0.1) is 24.7 Å².